The number of carbonyl (C=O) groups is 4. The predicted molar refractivity (Wildman–Crippen MR) is 153 cm³/mol. The molecule has 2 aromatic carbocycles. The molecule has 2 aliphatic rings. The van der Waals surface area contributed by atoms with Crippen LogP contribution in [0.4, 0.5) is 4.79 Å². The monoisotopic (exact) mass is 567 g/mol. The van der Waals surface area contributed by atoms with Crippen molar-refractivity contribution in [2.75, 3.05) is 6.54 Å². The van der Waals surface area contributed by atoms with Crippen molar-refractivity contribution in [2.24, 2.45) is 11.8 Å². The first-order chi connectivity index (χ1) is 19.2. The third kappa shape index (κ3) is 7.02. The molecule has 1 heterocycles. The highest BCUT2D eigenvalue weighted by molar-refractivity contribution is 6.30. The van der Waals surface area contributed by atoms with E-state index in [0.717, 1.165) is 30.4 Å². The number of rotatable bonds is 12. The fourth-order valence-corrected chi connectivity index (χ4v) is 5.97. The highest BCUT2D eigenvalue weighted by Gasteiger charge is 2.48. The second kappa shape index (κ2) is 13.3. The highest BCUT2D eigenvalue weighted by Crippen LogP contribution is 2.54. The normalized spacial score (nSPS) is 20.0. The summed E-state index contributed by atoms with van der Waals surface area (Å²) in [6.07, 6.45) is 3.18. The largest absolute Gasteiger partial charge is 0.440 e. The van der Waals surface area contributed by atoms with Gasteiger partial charge in [-0.25, -0.2) is 4.79 Å². The average molecular weight is 568 g/mol. The average Bonchev–Trinajstić information content (AvgIpc) is 3.31. The van der Waals surface area contributed by atoms with Crippen LogP contribution in [-0.4, -0.2) is 42.8 Å². The first-order valence-electron chi connectivity index (χ1n) is 14.0. The van der Waals surface area contributed by atoms with Crippen LogP contribution in [0.5, 0.6) is 0 Å². The Morgan fingerprint density at radius 3 is 2.45 bits per heavy atom. The van der Waals surface area contributed by atoms with Crippen molar-refractivity contribution >= 4 is 35.8 Å². The zero-order chi connectivity index (χ0) is 28.7. The van der Waals surface area contributed by atoms with Gasteiger partial charge >= 0.3 is 6.09 Å². The Bertz CT molecular complexity index is 1200. The molecule has 1 saturated carbocycles. The van der Waals surface area contributed by atoms with Crippen molar-refractivity contribution in [1.29, 1.82) is 0 Å². The van der Waals surface area contributed by atoms with Crippen molar-refractivity contribution in [2.45, 2.75) is 76.0 Å². The number of nitrogens with one attached hydrogen (secondary N) is 3. The summed E-state index contributed by atoms with van der Waals surface area (Å²) >= 11 is 6.34. The van der Waals surface area contributed by atoms with Crippen LogP contribution < -0.4 is 16.0 Å². The Kier molecular flexibility index (Phi) is 9.85. The van der Waals surface area contributed by atoms with Gasteiger partial charge in [-0.1, -0.05) is 74.3 Å². The molecule has 0 radical (unpaired) electrons. The van der Waals surface area contributed by atoms with Gasteiger partial charge in [0.25, 0.3) is 0 Å². The van der Waals surface area contributed by atoms with Gasteiger partial charge < -0.3 is 25.5 Å². The lowest BCUT2D eigenvalue weighted by molar-refractivity contribution is -0.127. The molecule has 8 nitrogen and oxygen atoms in total. The van der Waals surface area contributed by atoms with Gasteiger partial charge in [0.2, 0.25) is 11.8 Å². The fraction of sp³-hybridized carbons (Fsp3) is 0.484. The summed E-state index contributed by atoms with van der Waals surface area (Å²) in [6.45, 7) is 4.46. The molecule has 2 fully saturated rings. The van der Waals surface area contributed by atoms with Crippen LogP contribution >= 0.6 is 11.6 Å². The molecule has 3 amide bonds. The van der Waals surface area contributed by atoms with Crippen molar-refractivity contribution in [3.63, 3.8) is 0 Å². The molecule has 0 bridgehead atoms. The Morgan fingerprint density at radius 2 is 1.88 bits per heavy atom. The number of benzene rings is 2. The van der Waals surface area contributed by atoms with Crippen molar-refractivity contribution in [3.05, 3.63) is 70.7 Å². The number of aldehydes is 1. The molecular formula is C31H38ClN3O5. The molecule has 9 heteroatoms. The molecule has 4 rings (SSSR count). The smallest absolute Gasteiger partial charge is 0.408 e. The van der Waals surface area contributed by atoms with E-state index in [1.54, 1.807) is 0 Å². The predicted octanol–water partition coefficient (Wildman–Crippen LogP) is 4.85. The van der Waals surface area contributed by atoms with E-state index in [4.69, 9.17) is 16.3 Å². The lowest BCUT2D eigenvalue weighted by Crippen LogP contribution is -2.52. The summed E-state index contributed by atoms with van der Waals surface area (Å²) in [6, 6.07) is 15.5. The molecule has 2 aromatic rings. The van der Waals surface area contributed by atoms with E-state index in [1.807, 2.05) is 68.4 Å². The van der Waals surface area contributed by atoms with Gasteiger partial charge in [0.1, 0.15) is 18.4 Å². The molecule has 1 aliphatic heterocycles. The number of alkyl carbamates (subject to hydrolysis) is 1. The number of hydrogen-bond acceptors (Lipinski definition) is 5. The molecule has 4 unspecified atom stereocenters. The number of ether oxygens (including phenoxy) is 1. The molecule has 4 atom stereocenters. The van der Waals surface area contributed by atoms with Crippen molar-refractivity contribution in [3.8, 4) is 0 Å². The molecule has 1 saturated heterocycles. The Morgan fingerprint density at radius 1 is 1.12 bits per heavy atom. The Balaban J connectivity index is 1.51. The molecule has 3 N–H and O–H groups in total. The number of amides is 3. The van der Waals surface area contributed by atoms with E-state index in [2.05, 4.69) is 16.0 Å². The zero-order valence-corrected chi connectivity index (χ0v) is 23.8. The SMILES string of the molecule is CC(C)CC(NC(=O)OC(c1ccccc1)C1(c2cccc(Cl)c2)CCC1)C(=O)NC(C=O)CC1CCNC1=O. The summed E-state index contributed by atoms with van der Waals surface area (Å²) in [5.41, 5.74) is 1.43. The van der Waals surface area contributed by atoms with Crippen LogP contribution in [0.3, 0.4) is 0 Å². The van der Waals surface area contributed by atoms with Crippen LogP contribution in [0, 0.1) is 11.8 Å². The summed E-state index contributed by atoms with van der Waals surface area (Å²) in [5, 5.41) is 8.86. The van der Waals surface area contributed by atoms with E-state index >= 15 is 0 Å². The standard InChI is InChI=1S/C31H38ClN3O5/c1-20(2)16-26(29(38)34-25(19-36)17-22-12-15-33-28(22)37)35-30(39)40-27(21-8-4-3-5-9-21)31(13-7-14-31)23-10-6-11-24(32)18-23/h3-6,8-11,18-20,22,25-27H,7,12-17H2,1-2H3,(H,33,37)(H,34,38)(H,35,39). The van der Waals surface area contributed by atoms with Gasteiger partial charge in [-0.15, -0.1) is 0 Å². The second-order valence-corrected chi connectivity index (χ2v) is 11.7. The lowest BCUT2D eigenvalue weighted by Gasteiger charge is -2.47. The number of hydrogen-bond donors (Lipinski definition) is 3. The topological polar surface area (TPSA) is 114 Å². The maximum absolute atomic E-state index is 13.4. The van der Waals surface area contributed by atoms with Gasteiger partial charge in [-0.05, 0) is 61.3 Å². The minimum absolute atomic E-state index is 0.0840. The summed E-state index contributed by atoms with van der Waals surface area (Å²) < 4.78 is 6.16. The number of halogens is 1. The zero-order valence-electron chi connectivity index (χ0n) is 23.0. The quantitative estimate of drug-likeness (QED) is 0.317. The van der Waals surface area contributed by atoms with E-state index in [-0.39, 0.29) is 24.2 Å². The minimum Gasteiger partial charge on any atom is -0.440 e. The highest BCUT2D eigenvalue weighted by atomic mass is 35.5. The van der Waals surface area contributed by atoms with Crippen LogP contribution in [-0.2, 0) is 24.5 Å². The molecule has 214 valence electrons. The third-order valence-corrected chi connectivity index (χ3v) is 8.22. The lowest BCUT2D eigenvalue weighted by atomic mass is 9.60. The van der Waals surface area contributed by atoms with Gasteiger partial charge in [-0.3, -0.25) is 9.59 Å². The molecular weight excluding hydrogens is 530 g/mol. The Hall–Kier alpha value is -3.39. The number of carbonyl (C=O) groups excluding carboxylic acids is 4. The van der Waals surface area contributed by atoms with Crippen LogP contribution in [0.2, 0.25) is 5.02 Å². The molecule has 40 heavy (non-hydrogen) atoms. The van der Waals surface area contributed by atoms with Crippen molar-refractivity contribution < 1.29 is 23.9 Å². The van der Waals surface area contributed by atoms with Crippen molar-refractivity contribution in [1.82, 2.24) is 16.0 Å². The van der Waals surface area contributed by atoms with Gasteiger partial charge in [-0.2, -0.15) is 0 Å². The summed E-state index contributed by atoms with van der Waals surface area (Å²) in [7, 11) is 0. The van der Waals surface area contributed by atoms with E-state index < -0.39 is 35.6 Å². The van der Waals surface area contributed by atoms with E-state index in [1.165, 1.54) is 0 Å². The second-order valence-electron chi connectivity index (χ2n) is 11.3. The maximum Gasteiger partial charge on any atom is 0.408 e. The molecule has 0 spiro atoms. The first-order valence-corrected chi connectivity index (χ1v) is 14.4. The Labute approximate surface area is 240 Å². The minimum atomic E-state index is -0.910. The van der Waals surface area contributed by atoms with Gasteiger partial charge in [0.05, 0.1) is 6.04 Å². The fourth-order valence-electron chi connectivity index (χ4n) is 5.78. The molecule has 1 aliphatic carbocycles. The third-order valence-electron chi connectivity index (χ3n) is 7.98. The van der Waals surface area contributed by atoms with E-state index in [0.29, 0.717) is 30.7 Å². The van der Waals surface area contributed by atoms with Gasteiger partial charge in [0, 0.05) is 22.9 Å². The summed E-state index contributed by atoms with van der Waals surface area (Å²) in [5.74, 6) is -0.835. The van der Waals surface area contributed by atoms with Crippen LogP contribution in [0.15, 0.2) is 54.6 Å². The van der Waals surface area contributed by atoms with Gasteiger partial charge in [0.15, 0.2) is 0 Å². The summed E-state index contributed by atoms with van der Waals surface area (Å²) in [4.78, 5) is 50.4. The van der Waals surface area contributed by atoms with Crippen LogP contribution in [0.25, 0.3) is 0 Å². The maximum atomic E-state index is 13.4. The van der Waals surface area contributed by atoms with Crippen LogP contribution in [0.1, 0.15) is 69.6 Å². The first kappa shape index (κ1) is 29.6. The molecule has 0 aromatic heterocycles. The van der Waals surface area contributed by atoms with E-state index in [9.17, 15) is 19.2 Å².